The van der Waals surface area contributed by atoms with Crippen molar-refractivity contribution in [2.24, 2.45) is 0 Å². The van der Waals surface area contributed by atoms with Crippen molar-refractivity contribution in [2.75, 3.05) is 6.54 Å². The normalized spacial score (nSPS) is 27.8. The van der Waals surface area contributed by atoms with Gasteiger partial charge in [-0.2, -0.15) is 0 Å². The first-order chi connectivity index (χ1) is 8.68. The predicted octanol–water partition coefficient (Wildman–Crippen LogP) is 0.396. The van der Waals surface area contributed by atoms with Crippen LogP contribution < -0.4 is 0 Å². The molecule has 2 aliphatic heterocycles. The first-order valence-corrected chi connectivity index (χ1v) is 6.18. The number of hydrogen-bond donors (Lipinski definition) is 0. The van der Waals surface area contributed by atoms with Gasteiger partial charge in [0.1, 0.15) is 24.0 Å². The van der Waals surface area contributed by atoms with Gasteiger partial charge in [-0.3, -0.25) is 9.59 Å². The Balaban J connectivity index is 1.84. The van der Waals surface area contributed by atoms with E-state index < -0.39 is 6.04 Å². The van der Waals surface area contributed by atoms with Crippen LogP contribution in [0.4, 0.5) is 0 Å². The van der Waals surface area contributed by atoms with E-state index >= 15 is 0 Å². The molecule has 2 fully saturated rings. The summed E-state index contributed by atoms with van der Waals surface area (Å²) in [4.78, 5) is 27.9. The maximum absolute atomic E-state index is 12.4. The van der Waals surface area contributed by atoms with Crippen LogP contribution in [0, 0.1) is 0 Å². The Labute approximate surface area is 105 Å². The molecule has 0 bridgehead atoms. The van der Waals surface area contributed by atoms with Gasteiger partial charge in [0.2, 0.25) is 11.8 Å². The predicted molar refractivity (Wildman–Crippen MR) is 61.3 cm³/mol. The molecule has 1 aromatic rings. The zero-order valence-electron chi connectivity index (χ0n) is 10.2. The summed E-state index contributed by atoms with van der Waals surface area (Å²) in [6.45, 7) is 2.82. The maximum atomic E-state index is 12.4. The molecule has 3 heterocycles. The van der Waals surface area contributed by atoms with Crippen molar-refractivity contribution < 1.29 is 14.1 Å². The van der Waals surface area contributed by atoms with Crippen LogP contribution in [0.15, 0.2) is 16.9 Å². The molecule has 2 aliphatic rings. The topological polar surface area (TPSA) is 66.7 Å². The second kappa shape index (κ2) is 4.12. The SMILES string of the molecule is CC1C(=O)N2CCCC2C(=O)N1Cc1ccon1. The van der Waals surface area contributed by atoms with Crippen molar-refractivity contribution >= 4 is 11.8 Å². The fraction of sp³-hybridized carbons (Fsp3) is 0.583. The van der Waals surface area contributed by atoms with E-state index in [0.717, 1.165) is 12.8 Å². The minimum Gasteiger partial charge on any atom is -0.364 e. The summed E-state index contributed by atoms with van der Waals surface area (Å²) in [6, 6.07) is 1.04. The van der Waals surface area contributed by atoms with Crippen LogP contribution in [0.1, 0.15) is 25.5 Å². The molecule has 0 saturated carbocycles. The highest BCUT2D eigenvalue weighted by Crippen LogP contribution is 2.27. The third-order valence-electron chi connectivity index (χ3n) is 3.75. The molecule has 0 spiro atoms. The highest BCUT2D eigenvalue weighted by molar-refractivity contribution is 5.97. The van der Waals surface area contributed by atoms with Crippen molar-refractivity contribution in [3.05, 3.63) is 18.0 Å². The van der Waals surface area contributed by atoms with Gasteiger partial charge < -0.3 is 14.3 Å². The Morgan fingerprint density at radius 3 is 3.00 bits per heavy atom. The van der Waals surface area contributed by atoms with E-state index in [0.29, 0.717) is 18.8 Å². The van der Waals surface area contributed by atoms with E-state index in [2.05, 4.69) is 5.16 Å². The Bertz CT molecular complexity index is 471. The summed E-state index contributed by atoms with van der Waals surface area (Å²) in [5.74, 6) is 0.0724. The molecular weight excluding hydrogens is 234 g/mol. The van der Waals surface area contributed by atoms with Crippen LogP contribution in [-0.2, 0) is 16.1 Å². The van der Waals surface area contributed by atoms with Gasteiger partial charge in [0.15, 0.2) is 0 Å². The lowest BCUT2D eigenvalue weighted by atomic mass is 10.1. The fourth-order valence-electron chi connectivity index (χ4n) is 2.75. The highest BCUT2D eigenvalue weighted by Gasteiger charge is 2.45. The van der Waals surface area contributed by atoms with Gasteiger partial charge in [0, 0.05) is 12.6 Å². The Hall–Kier alpha value is -1.85. The van der Waals surface area contributed by atoms with Crippen molar-refractivity contribution in [1.82, 2.24) is 15.0 Å². The molecule has 6 heteroatoms. The molecule has 18 heavy (non-hydrogen) atoms. The van der Waals surface area contributed by atoms with Gasteiger partial charge in [-0.25, -0.2) is 0 Å². The summed E-state index contributed by atoms with van der Waals surface area (Å²) >= 11 is 0. The minimum atomic E-state index is -0.413. The molecule has 2 unspecified atom stereocenters. The van der Waals surface area contributed by atoms with Crippen LogP contribution in [-0.4, -0.2) is 45.4 Å². The van der Waals surface area contributed by atoms with Gasteiger partial charge in [-0.05, 0) is 19.8 Å². The van der Waals surface area contributed by atoms with Gasteiger partial charge in [-0.15, -0.1) is 0 Å². The molecular formula is C12H15N3O3. The van der Waals surface area contributed by atoms with Gasteiger partial charge >= 0.3 is 0 Å². The number of amides is 2. The number of nitrogens with zero attached hydrogens (tertiary/aromatic N) is 3. The Morgan fingerprint density at radius 2 is 2.28 bits per heavy atom. The van der Waals surface area contributed by atoms with E-state index in [4.69, 9.17) is 4.52 Å². The van der Waals surface area contributed by atoms with E-state index in [1.54, 1.807) is 22.8 Å². The lowest BCUT2D eigenvalue weighted by Gasteiger charge is -2.40. The number of hydrogen-bond acceptors (Lipinski definition) is 4. The van der Waals surface area contributed by atoms with Crippen LogP contribution in [0.3, 0.4) is 0 Å². The van der Waals surface area contributed by atoms with Gasteiger partial charge in [-0.1, -0.05) is 5.16 Å². The number of carbonyl (C=O) groups excluding carboxylic acids is 2. The third-order valence-corrected chi connectivity index (χ3v) is 3.75. The molecule has 1 aromatic heterocycles. The van der Waals surface area contributed by atoms with Crippen LogP contribution in [0.25, 0.3) is 0 Å². The number of piperazine rings is 1. The van der Waals surface area contributed by atoms with Crippen LogP contribution >= 0.6 is 0 Å². The minimum absolute atomic E-state index is 0.0302. The molecule has 0 N–H and O–H groups in total. The molecule has 0 aromatic carbocycles. The van der Waals surface area contributed by atoms with Crippen molar-refractivity contribution in [1.29, 1.82) is 0 Å². The number of carbonyl (C=O) groups is 2. The van der Waals surface area contributed by atoms with Crippen molar-refractivity contribution in [3.63, 3.8) is 0 Å². The Kier molecular flexibility index (Phi) is 2.57. The molecule has 0 aliphatic carbocycles. The van der Waals surface area contributed by atoms with Crippen molar-refractivity contribution in [3.8, 4) is 0 Å². The van der Waals surface area contributed by atoms with Crippen molar-refractivity contribution in [2.45, 2.75) is 38.4 Å². The van der Waals surface area contributed by atoms with Crippen LogP contribution in [0.2, 0.25) is 0 Å². The summed E-state index contributed by atoms with van der Waals surface area (Å²) in [6.07, 6.45) is 3.15. The zero-order chi connectivity index (χ0) is 12.7. The molecule has 6 nitrogen and oxygen atoms in total. The lowest BCUT2D eigenvalue weighted by molar-refractivity contribution is -0.159. The zero-order valence-corrected chi connectivity index (χ0v) is 10.2. The number of fused-ring (bicyclic) bond motifs is 1. The summed E-state index contributed by atoms with van der Waals surface area (Å²) < 4.78 is 4.76. The first kappa shape index (κ1) is 11.3. The lowest BCUT2D eigenvalue weighted by Crippen LogP contribution is -2.61. The largest absolute Gasteiger partial charge is 0.364 e. The van der Waals surface area contributed by atoms with Crippen LogP contribution in [0.5, 0.6) is 0 Å². The molecule has 2 atom stereocenters. The average molecular weight is 249 g/mol. The first-order valence-electron chi connectivity index (χ1n) is 6.18. The molecule has 3 rings (SSSR count). The molecule has 0 radical (unpaired) electrons. The van der Waals surface area contributed by atoms with E-state index in [9.17, 15) is 9.59 Å². The van der Waals surface area contributed by atoms with Gasteiger partial charge in [0.25, 0.3) is 0 Å². The third kappa shape index (κ3) is 1.60. The standard InChI is InChI=1S/C12H15N3O3/c1-8-11(16)14-5-2-3-10(14)12(17)15(8)7-9-4-6-18-13-9/h4,6,8,10H,2-3,5,7H2,1H3. The number of aromatic nitrogens is 1. The second-order valence-electron chi connectivity index (χ2n) is 4.82. The summed E-state index contributed by atoms with van der Waals surface area (Å²) in [5.41, 5.74) is 0.675. The summed E-state index contributed by atoms with van der Waals surface area (Å²) in [5, 5.41) is 3.80. The quantitative estimate of drug-likeness (QED) is 0.760. The van der Waals surface area contributed by atoms with E-state index in [1.165, 1.54) is 6.26 Å². The second-order valence-corrected chi connectivity index (χ2v) is 4.82. The van der Waals surface area contributed by atoms with E-state index in [-0.39, 0.29) is 17.9 Å². The van der Waals surface area contributed by atoms with Gasteiger partial charge in [0.05, 0.1) is 6.54 Å². The molecule has 2 amide bonds. The summed E-state index contributed by atoms with van der Waals surface area (Å²) in [7, 11) is 0. The monoisotopic (exact) mass is 249 g/mol. The fourth-order valence-corrected chi connectivity index (χ4v) is 2.75. The molecule has 96 valence electrons. The highest BCUT2D eigenvalue weighted by atomic mass is 16.5. The Morgan fingerprint density at radius 1 is 1.44 bits per heavy atom. The average Bonchev–Trinajstić information content (AvgIpc) is 3.02. The number of rotatable bonds is 2. The van der Waals surface area contributed by atoms with E-state index in [1.807, 2.05) is 0 Å². The maximum Gasteiger partial charge on any atom is 0.246 e. The smallest absolute Gasteiger partial charge is 0.246 e. The molecule has 2 saturated heterocycles.